The van der Waals surface area contributed by atoms with Crippen LogP contribution in [0.25, 0.3) is 0 Å². The molecule has 0 radical (unpaired) electrons. The fourth-order valence-corrected chi connectivity index (χ4v) is 2.45. The Balaban J connectivity index is 2.34. The molecule has 0 atom stereocenters. The van der Waals surface area contributed by atoms with Crippen LogP contribution in [0, 0.1) is 6.92 Å². The second kappa shape index (κ2) is 6.30. The van der Waals surface area contributed by atoms with Crippen molar-refractivity contribution in [1.29, 1.82) is 0 Å². The van der Waals surface area contributed by atoms with Crippen LogP contribution in [0.5, 0.6) is 0 Å². The second-order valence-corrected chi connectivity index (χ2v) is 4.79. The van der Waals surface area contributed by atoms with Gasteiger partial charge in [-0.1, -0.05) is 0 Å². The van der Waals surface area contributed by atoms with E-state index in [1.54, 1.807) is 0 Å². The summed E-state index contributed by atoms with van der Waals surface area (Å²) < 4.78 is 11.5. The van der Waals surface area contributed by atoms with Crippen LogP contribution in [0.15, 0.2) is 6.07 Å². The van der Waals surface area contributed by atoms with E-state index in [0.717, 1.165) is 36.7 Å². The van der Waals surface area contributed by atoms with Crippen molar-refractivity contribution in [3.05, 3.63) is 17.6 Å². The van der Waals surface area contributed by atoms with Crippen LogP contribution in [0.3, 0.4) is 0 Å². The Morgan fingerprint density at radius 2 is 2.05 bits per heavy atom. The average Bonchev–Trinajstić information content (AvgIpc) is 2.40. The first-order valence-corrected chi connectivity index (χ1v) is 7.02. The Kier molecular flexibility index (Phi) is 4.71. The van der Waals surface area contributed by atoms with Gasteiger partial charge >= 0.3 is 0 Å². The van der Waals surface area contributed by atoms with Gasteiger partial charge < -0.3 is 14.8 Å². The van der Waals surface area contributed by atoms with Gasteiger partial charge in [0.25, 0.3) is 0 Å². The summed E-state index contributed by atoms with van der Waals surface area (Å²) in [7, 11) is 0. The Morgan fingerprint density at radius 3 is 2.68 bits per heavy atom. The van der Waals surface area contributed by atoms with Gasteiger partial charge in [-0.2, -0.15) is 0 Å². The maximum absolute atomic E-state index is 6.01. The summed E-state index contributed by atoms with van der Waals surface area (Å²) in [6.07, 6.45) is 1.63. The molecule has 0 aliphatic carbocycles. The number of aromatic nitrogens is 2. The van der Waals surface area contributed by atoms with Crippen molar-refractivity contribution < 1.29 is 9.47 Å². The van der Waals surface area contributed by atoms with E-state index in [1.807, 2.05) is 19.9 Å². The molecule has 0 spiro atoms. The zero-order valence-electron chi connectivity index (χ0n) is 12.0. The van der Waals surface area contributed by atoms with Gasteiger partial charge in [0.15, 0.2) is 5.82 Å². The number of nitrogens with zero attached hydrogens (tertiary/aromatic N) is 2. The molecule has 0 aromatic carbocycles. The molecule has 2 heterocycles. The van der Waals surface area contributed by atoms with E-state index in [2.05, 4.69) is 22.2 Å². The highest BCUT2D eigenvalue weighted by Crippen LogP contribution is 2.34. The molecular formula is C14H23N3O2. The lowest BCUT2D eigenvalue weighted by Crippen LogP contribution is -2.38. The van der Waals surface area contributed by atoms with Gasteiger partial charge in [0.1, 0.15) is 11.4 Å². The smallest absolute Gasteiger partial charge is 0.163 e. The van der Waals surface area contributed by atoms with E-state index in [0.29, 0.717) is 19.8 Å². The Morgan fingerprint density at radius 1 is 1.32 bits per heavy atom. The lowest BCUT2D eigenvalue weighted by molar-refractivity contribution is -0.117. The third-order valence-electron chi connectivity index (χ3n) is 3.34. The van der Waals surface area contributed by atoms with E-state index in [4.69, 9.17) is 9.47 Å². The summed E-state index contributed by atoms with van der Waals surface area (Å²) in [6.45, 7) is 8.98. The summed E-state index contributed by atoms with van der Waals surface area (Å²) in [5.41, 5.74) is 0.579. The van der Waals surface area contributed by atoms with Gasteiger partial charge in [-0.3, -0.25) is 0 Å². The molecule has 1 fully saturated rings. The predicted octanol–water partition coefficient (Wildman–Crippen LogP) is 2.26. The molecular weight excluding hydrogens is 242 g/mol. The highest BCUT2D eigenvalue weighted by molar-refractivity contribution is 5.36. The summed E-state index contributed by atoms with van der Waals surface area (Å²) in [5.74, 6) is 1.66. The van der Waals surface area contributed by atoms with Gasteiger partial charge in [-0.25, -0.2) is 9.97 Å². The minimum Gasteiger partial charge on any atom is -0.381 e. The average molecular weight is 265 g/mol. The van der Waals surface area contributed by atoms with Gasteiger partial charge in [-0.05, 0) is 20.8 Å². The number of ether oxygens (including phenoxy) is 2. The van der Waals surface area contributed by atoms with Gasteiger partial charge in [0.2, 0.25) is 0 Å². The van der Waals surface area contributed by atoms with E-state index < -0.39 is 0 Å². The minimum absolute atomic E-state index is 0.386. The highest BCUT2D eigenvalue weighted by atomic mass is 16.5. The second-order valence-electron chi connectivity index (χ2n) is 4.79. The van der Waals surface area contributed by atoms with Crippen LogP contribution in [-0.4, -0.2) is 36.3 Å². The third kappa shape index (κ3) is 3.22. The van der Waals surface area contributed by atoms with Crippen molar-refractivity contribution in [3.8, 4) is 0 Å². The third-order valence-corrected chi connectivity index (χ3v) is 3.34. The zero-order valence-corrected chi connectivity index (χ0v) is 12.0. The molecule has 1 saturated heterocycles. The standard InChI is InChI=1S/C14H23N3O2/c1-4-15-12-10-11(3)16-13(17-12)14(19-5-2)6-8-18-9-7-14/h10H,4-9H2,1-3H3,(H,15,16,17). The summed E-state index contributed by atoms with van der Waals surface area (Å²) in [5, 5.41) is 3.25. The summed E-state index contributed by atoms with van der Waals surface area (Å²) >= 11 is 0. The fraction of sp³-hybridized carbons (Fsp3) is 0.714. The quantitative estimate of drug-likeness (QED) is 0.885. The summed E-state index contributed by atoms with van der Waals surface area (Å²) in [4.78, 5) is 9.23. The highest BCUT2D eigenvalue weighted by Gasteiger charge is 2.38. The van der Waals surface area contributed by atoms with Crippen LogP contribution < -0.4 is 5.32 Å². The molecule has 1 aliphatic heterocycles. The minimum atomic E-state index is -0.386. The monoisotopic (exact) mass is 265 g/mol. The van der Waals surface area contributed by atoms with Gasteiger partial charge in [0.05, 0.1) is 0 Å². The van der Waals surface area contributed by atoms with Gasteiger partial charge in [0, 0.05) is 51.0 Å². The number of rotatable bonds is 5. The summed E-state index contributed by atoms with van der Waals surface area (Å²) in [6, 6.07) is 1.96. The molecule has 1 aliphatic rings. The lowest BCUT2D eigenvalue weighted by atomic mass is 9.92. The molecule has 5 nitrogen and oxygen atoms in total. The maximum Gasteiger partial charge on any atom is 0.163 e. The molecule has 1 aromatic heterocycles. The Labute approximate surface area is 114 Å². The van der Waals surface area contributed by atoms with Crippen LogP contribution in [0.4, 0.5) is 5.82 Å². The van der Waals surface area contributed by atoms with E-state index in [1.165, 1.54) is 0 Å². The van der Waals surface area contributed by atoms with Crippen molar-refractivity contribution in [2.75, 3.05) is 31.7 Å². The molecule has 0 amide bonds. The van der Waals surface area contributed by atoms with Crippen molar-refractivity contribution in [3.63, 3.8) is 0 Å². The molecule has 0 unspecified atom stereocenters. The normalized spacial score (nSPS) is 18.3. The Bertz CT molecular complexity index is 412. The SMILES string of the molecule is CCNc1cc(C)nc(C2(OCC)CCOCC2)n1. The van der Waals surface area contributed by atoms with E-state index >= 15 is 0 Å². The van der Waals surface area contributed by atoms with Crippen molar-refractivity contribution in [2.24, 2.45) is 0 Å². The molecule has 0 bridgehead atoms. The fourth-order valence-electron chi connectivity index (χ4n) is 2.45. The van der Waals surface area contributed by atoms with E-state index in [9.17, 15) is 0 Å². The molecule has 19 heavy (non-hydrogen) atoms. The number of nitrogens with one attached hydrogen (secondary N) is 1. The maximum atomic E-state index is 6.01. The molecule has 2 rings (SSSR count). The van der Waals surface area contributed by atoms with Crippen LogP contribution in [0.1, 0.15) is 38.2 Å². The first-order chi connectivity index (χ1) is 9.20. The molecule has 1 N–H and O–H groups in total. The largest absolute Gasteiger partial charge is 0.381 e. The molecule has 106 valence electrons. The van der Waals surface area contributed by atoms with Crippen molar-refractivity contribution >= 4 is 5.82 Å². The molecule has 5 heteroatoms. The first-order valence-electron chi connectivity index (χ1n) is 7.02. The van der Waals surface area contributed by atoms with Crippen LogP contribution in [0.2, 0.25) is 0 Å². The van der Waals surface area contributed by atoms with Crippen LogP contribution in [-0.2, 0) is 15.1 Å². The number of anilines is 1. The number of hydrogen-bond donors (Lipinski definition) is 1. The lowest BCUT2D eigenvalue weighted by Gasteiger charge is -2.35. The van der Waals surface area contributed by atoms with Crippen molar-refractivity contribution in [2.45, 2.75) is 39.2 Å². The number of hydrogen-bond acceptors (Lipinski definition) is 5. The zero-order chi connectivity index (χ0) is 13.7. The predicted molar refractivity (Wildman–Crippen MR) is 74.3 cm³/mol. The Hall–Kier alpha value is -1.20. The first kappa shape index (κ1) is 14.2. The number of aryl methyl sites for hydroxylation is 1. The van der Waals surface area contributed by atoms with Crippen molar-refractivity contribution in [1.82, 2.24) is 9.97 Å². The topological polar surface area (TPSA) is 56.3 Å². The molecule has 1 aromatic rings. The van der Waals surface area contributed by atoms with E-state index in [-0.39, 0.29) is 5.60 Å². The van der Waals surface area contributed by atoms with Crippen LogP contribution >= 0.6 is 0 Å². The van der Waals surface area contributed by atoms with Gasteiger partial charge in [-0.15, -0.1) is 0 Å². The molecule has 0 saturated carbocycles.